The molecule has 20 heavy (non-hydrogen) atoms. The van der Waals surface area contributed by atoms with Gasteiger partial charge in [0.1, 0.15) is 0 Å². The third-order valence-electron chi connectivity index (χ3n) is 4.47. The van der Waals surface area contributed by atoms with E-state index < -0.39 is 0 Å². The lowest BCUT2D eigenvalue weighted by atomic mass is 9.95. The fourth-order valence-electron chi connectivity index (χ4n) is 3.48. The maximum Gasteiger partial charge on any atom is 0.0417 e. The fourth-order valence-corrected chi connectivity index (χ4v) is 3.48. The van der Waals surface area contributed by atoms with Crippen LogP contribution >= 0.6 is 0 Å². The highest BCUT2D eigenvalue weighted by molar-refractivity contribution is 5.56. The summed E-state index contributed by atoms with van der Waals surface area (Å²) in [6.45, 7) is 9.01. The molecule has 0 spiro atoms. The van der Waals surface area contributed by atoms with Crippen LogP contribution in [0.4, 0.5) is 5.69 Å². The van der Waals surface area contributed by atoms with E-state index in [0.717, 1.165) is 12.6 Å². The topological polar surface area (TPSA) is 15.3 Å². The van der Waals surface area contributed by atoms with Gasteiger partial charge in [-0.1, -0.05) is 38.5 Å². The molecule has 0 amide bonds. The van der Waals surface area contributed by atoms with Crippen molar-refractivity contribution >= 4 is 5.69 Å². The predicted molar refractivity (Wildman–Crippen MR) is 88.4 cm³/mol. The highest BCUT2D eigenvalue weighted by atomic mass is 15.2. The molecule has 112 valence electrons. The van der Waals surface area contributed by atoms with Crippen LogP contribution in [-0.2, 0) is 0 Å². The van der Waals surface area contributed by atoms with Crippen LogP contribution in [0.15, 0.2) is 24.3 Å². The Morgan fingerprint density at radius 2 is 2.05 bits per heavy atom. The van der Waals surface area contributed by atoms with E-state index in [2.05, 4.69) is 55.3 Å². The van der Waals surface area contributed by atoms with E-state index in [1.54, 1.807) is 0 Å². The zero-order valence-corrected chi connectivity index (χ0v) is 13.4. The smallest absolute Gasteiger partial charge is 0.0417 e. The molecule has 1 fully saturated rings. The van der Waals surface area contributed by atoms with Gasteiger partial charge in [-0.05, 0) is 50.8 Å². The summed E-state index contributed by atoms with van der Waals surface area (Å²) in [5, 5.41) is 3.56. The van der Waals surface area contributed by atoms with Crippen molar-refractivity contribution < 1.29 is 0 Å². The van der Waals surface area contributed by atoms with Crippen LogP contribution in [0.2, 0.25) is 0 Å². The predicted octanol–water partition coefficient (Wildman–Crippen LogP) is 4.52. The summed E-state index contributed by atoms with van der Waals surface area (Å²) in [6, 6.07) is 10.1. The molecule has 1 N–H and O–H groups in total. The molecule has 2 rings (SSSR count). The summed E-state index contributed by atoms with van der Waals surface area (Å²) in [4.78, 5) is 2.68. The molecule has 0 bridgehead atoms. The van der Waals surface area contributed by atoms with Crippen LogP contribution in [0.25, 0.3) is 0 Å². The van der Waals surface area contributed by atoms with Crippen LogP contribution in [0.5, 0.6) is 0 Å². The number of hydrogen-bond acceptors (Lipinski definition) is 2. The first-order valence-corrected chi connectivity index (χ1v) is 8.36. The van der Waals surface area contributed by atoms with Gasteiger partial charge in [-0.2, -0.15) is 0 Å². The SMILES string of the molecule is CCCC1CCCCN1c1ccccc1C(C)NCC. The minimum atomic E-state index is 0.431. The van der Waals surface area contributed by atoms with Crippen LogP contribution in [-0.4, -0.2) is 19.1 Å². The Kier molecular flexibility index (Phi) is 5.90. The van der Waals surface area contributed by atoms with Crippen molar-refractivity contribution in [3.05, 3.63) is 29.8 Å². The summed E-state index contributed by atoms with van der Waals surface area (Å²) in [5.41, 5.74) is 2.91. The largest absolute Gasteiger partial charge is 0.368 e. The monoisotopic (exact) mass is 274 g/mol. The lowest BCUT2D eigenvalue weighted by Gasteiger charge is -2.39. The van der Waals surface area contributed by atoms with Crippen molar-refractivity contribution in [2.45, 2.75) is 65.0 Å². The number of rotatable bonds is 6. The van der Waals surface area contributed by atoms with E-state index in [-0.39, 0.29) is 0 Å². The average Bonchev–Trinajstić information content (AvgIpc) is 2.48. The molecule has 1 aliphatic heterocycles. The highest BCUT2D eigenvalue weighted by Gasteiger charge is 2.24. The quantitative estimate of drug-likeness (QED) is 0.820. The standard InChI is InChI=1S/C18H30N2/c1-4-10-16-11-8-9-14-20(16)18-13-7-6-12-17(18)15(3)19-5-2/h6-7,12-13,15-16,19H,4-5,8-11,14H2,1-3H3. The molecule has 2 atom stereocenters. The third-order valence-corrected chi connectivity index (χ3v) is 4.47. The zero-order chi connectivity index (χ0) is 14.4. The van der Waals surface area contributed by atoms with E-state index in [0.29, 0.717) is 6.04 Å². The Labute approximate surface area is 124 Å². The van der Waals surface area contributed by atoms with Gasteiger partial charge in [0.2, 0.25) is 0 Å². The third kappa shape index (κ3) is 3.54. The molecular weight excluding hydrogens is 244 g/mol. The molecule has 1 aromatic carbocycles. The van der Waals surface area contributed by atoms with E-state index in [1.165, 1.54) is 49.9 Å². The summed E-state index contributed by atoms with van der Waals surface area (Å²) >= 11 is 0. The van der Waals surface area contributed by atoms with Crippen molar-refractivity contribution in [3.8, 4) is 0 Å². The van der Waals surface area contributed by atoms with Crippen molar-refractivity contribution in [2.75, 3.05) is 18.0 Å². The van der Waals surface area contributed by atoms with Crippen molar-refractivity contribution in [1.82, 2.24) is 5.32 Å². The molecular formula is C18H30N2. The van der Waals surface area contributed by atoms with Crippen molar-refractivity contribution in [1.29, 1.82) is 0 Å². The van der Waals surface area contributed by atoms with E-state index >= 15 is 0 Å². The second-order valence-corrected chi connectivity index (χ2v) is 5.97. The molecule has 2 nitrogen and oxygen atoms in total. The first-order valence-electron chi connectivity index (χ1n) is 8.36. The molecule has 2 heteroatoms. The summed E-state index contributed by atoms with van der Waals surface area (Å²) in [7, 11) is 0. The second-order valence-electron chi connectivity index (χ2n) is 5.97. The number of anilines is 1. The Balaban J connectivity index is 2.25. The molecule has 1 heterocycles. The number of para-hydroxylation sites is 1. The van der Waals surface area contributed by atoms with Gasteiger partial charge in [0, 0.05) is 24.3 Å². The zero-order valence-electron chi connectivity index (χ0n) is 13.4. The van der Waals surface area contributed by atoms with Gasteiger partial charge in [-0.15, -0.1) is 0 Å². The second kappa shape index (κ2) is 7.68. The first kappa shape index (κ1) is 15.4. The van der Waals surface area contributed by atoms with Crippen molar-refractivity contribution in [3.63, 3.8) is 0 Å². The van der Waals surface area contributed by atoms with Gasteiger partial charge in [-0.3, -0.25) is 0 Å². The van der Waals surface area contributed by atoms with E-state index in [4.69, 9.17) is 0 Å². The Bertz CT molecular complexity index is 400. The van der Waals surface area contributed by atoms with E-state index in [1.807, 2.05) is 0 Å². The highest BCUT2D eigenvalue weighted by Crippen LogP contribution is 2.32. The van der Waals surface area contributed by atoms with Crippen LogP contribution in [0, 0.1) is 0 Å². The lowest BCUT2D eigenvalue weighted by Crippen LogP contribution is -2.40. The van der Waals surface area contributed by atoms with Gasteiger partial charge in [0.25, 0.3) is 0 Å². The van der Waals surface area contributed by atoms with Gasteiger partial charge >= 0.3 is 0 Å². The molecule has 1 aromatic rings. The molecule has 0 radical (unpaired) electrons. The van der Waals surface area contributed by atoms with Crippen LogP contribution < -0.4 is 10.2 Å². The number of nitrogens with zero attached hydrogens (tertiary/aromatic N) is 1. The summed E-state index contributed by atoms with van der Waals surface area (Å²) < 4.78 is 0. The summed E-state index contributed by atoms with van der Waals surface area (Å²) in [6.07, 6.45) is 6.70. The van der Waals surface area contributed by atoms with Crippen LogP contribution in [0.3, 0.4) is 0 Å². The number of hydrogen-bond donors (Lipinski definition) is 1. The Hall–Kier alpha value is -1.02. The molecule has 0 aromatic heterocycles. The molecule has 0 aliphatic carbocycles. The molecule has 1 aliphatic rings. The molecule has 2 unspecified atom stereocenters. The van der Waals surface area contributed by atoms with Crippen LogP contribution in [0.1, 0.15) is 64.5 Å². The van der Waals surface area contributed by atoms with Gasteiger partial charge in [0.15, 0.2) is 0 Å². The normalized spacial score (nSPS) is 20.9. The maximum atomic E-state index is 3.56. The van der Waals surface area contributed by atoms with Crippen molar-refractivity contribution in [2.24, 2.45) is 0 Å². The minimum Gasteiger partial charge on any atom is -0.368 e. The number of piperidine rings is 1. The summed E-state index contributed by atoms with van der Waals surface area (Å²) in [5.74, 6) is 0. The lowest BCUT2D eigenvalue weighted by molar-refractivity contribution is 0.432. The number of nitrogens with one attached hydrogen (secondary N) is 1. The van der Waals surface area contributed by atoms with Gasteiger partial charge in [-0.25, -0.2) is 0 Å². The maximum absolute atomic E-state index is 3.56. The van der Waals surface area contributed by atoms with Gasteiger partial charge in [0.05, 0.1) is 0 Å². The minimum absolute atomic E-state index is 0.431. The number of benzene rings is 1. The fraction of sp³-hybridized carbons (Fsp3) is 0.667. The Morgan fingerprint density at radius 1 is 1.25 bits per heavy atom. The van der Waals surface area contributed by atoms with Gasteiger partial charge < -0.3 is 10.2 Å². The molecule has 0 saturated carbocycles. The Morgan fingerprint density at radius 3 is 2.80 bits per heavy atom. The average molecular weight is 274 g/mol. The molecule has 1 saturated heterocycles. The first-order chi connectivity index (χ1) is 9.77. The van der Waals surface area contributed by atoms with E-state index in [9.17, 15) is 0 Å².